The third kappa shape index (κ3) is 7.42. The van der Waals surface area contributed by atoms with E-state index in [1.54, 1.807) is 0 Å². The average molecular weight is 353 g/mol. The largest absolute Gasteiger partial charge is 0.376 e. The Labute approximate surface area is 148 Å². The van der Waals surface area contributed by atoms with Crippen LogP contribution in [-0.2, 0) is 17.0 Å². The highest BCUT2D eigenvalue weighted by Gasteiger charge is 2.10. The predicted molar refractivity (Wildman–Crippen MR) is 99.1 cm³/mol. The van der Waals surface area contributed by atoms with Crippen LogP contribution in [0.2, 0.25) is 5.02 Å². The van der Waals surface area contributed by atoms with E-state index in [2.05, 4.69) is 28.6 Å². The van der Waals surface area contributed by atoms with Crippen molar-refractivity contribution < 1.29 is 4.74 Å². The van der Waals surface area contributed by atoms with Gasteiger partial charge in [-0.25, -0.2) is 4.98 Å². The molecule has 5 heteroatoms. The highest BCUT2D eigenvalue weighted by Crippen LogP contribution is 2.17. The number of aromatic nitrogens is 2. The van der Waals surface area contributed by atoms with Crippen LogP contribution >= 0.6 is 23.4 Å². The first kappa shape index (κ1) is 18.4. The summed E-state index contributed by atoms with van der Waals surface area (Å²) in [6.45, 7) is 3.92. The lowest BCUT2D eigenvalue weighted by molar-refractivity contribution is 0.0550. The molecular weight excluding hydrogens is 328 g/mol. The molecule has 0 amide bonds. The van der Waals surface area contributed by atoms with Gasteiger partial charge in [0.25, 0.3) is 0 Å². The first-order valence-corrected chi connectivity index (χ1v) is 9.70. The van der Waals surface area contributed by atoms with Gasteiger partial charge in [0.05, 0.1) is 19.0 Å². The summed E-state index contributed by atoms with van der Waals surface area (Å²) in [5.41, 5.74) is 1.30. The van der Waals surface area contributed by atoms with Crippen molar-refractivity contribution in [2.24, 2.45) is 0 Å². The van der Waals surface area contributed by atoms with Crippen LogP contribution in [0.15, 0.2) is 43.0 Å². The topological polar surface area (TPSA) is 27.1 Å². The Morgan fingerprint density at radius 3 is 2.78 bits per heavy atom. The summed E-state index contributed by atoms with van der Waals surface area (Å²) in [5, 5.41) is 0.788. The van der Waals surface area contributed by atoms with Gasteiger partial charge in [-0.2, -0.15) is 11.8 Å². The maximum Gasteiger partial charge on any atom is 0.0946 e. The van der Waals surface area contributed by atoms with Crippen LogP contribution in [-0.4, -0.2) is 28.0 Å². The van der Waals surface area contributed by atoms with Crippen molar-refractivity contribution in [1.82, 2.24) is 9.55 Å². The molecule has 0 spiro atoms. The lowest BCUT2D eigenvalue weighted by Crippen LogP contribution is -2.23. The van der Waals surface area contributed by atoms with Gasteiger partial charge < -0.3 is 9.30 Å². The molecule has 0 fully saturated rings. The minimum Gasteiger partial charge on any atom is -0.376 e. The van der Waals surface area contributed by atoms with Gasteiger partial charge in [0.2, 0.25) is 0 Å². The Morgan fingerprint density at radius 2 is 2.09 bits per heavy atom. The number of benzene rings is 1. The minimum atomic E-state index is 0.221. The molecule has 0 saturated carbocycles. The van der Waals surface area contributed by atoms with Crippen LogP contribution in [0.5, 0.6) is 0 Å². The number of thioether (sulfide) groups is 1. The summed E-state index contributed by atoms with van der Waals surface area (Å²) in [5.74, 6) is 1.96. The second kappa shape index (κ2) is 10.7. The number of halogens is 1. The zero-order valence-electron chi connectivity index (χ0n) is 13.7. The van der Waals surface area contributed by atoms with Crippen LogP contribution in [0.1, 0.15) is 31.7 Å². The van der Waals surface area contributed by atoms with E-state index in [1.165, 1.54) is 18.4 Å². The molecule has 126 valence electrons. The third-order valence-electron chi connectivity index (χ3n) is 3.56. The van der Waals surface area contributed by atoms with Gasteiger partial charge in [0, 0.05) is 35.5 Å². The van der Waals surface area contributed by atoms with Gasteiger partial charge in [-0.3, -0.25) is 0 Å². The zero-order chi connectivity index (χ0) is 16.3. The lowest BCUT2D eigenvalue weighted by atomic mass is 10.2. The third-order valence-corrected chi connectivity index (χ3v) is 4.96. The molecular formula is C18H25ClN2OS. The highest BCUT2D eigenvalue weighted by atomic mass is 35.5. The first-order chi connectivity index (χ1) is 11.3. The summed E-state index contributed by atoms with van der Waals surface area (Å²) in [7, 11) is 0. The Hall–Kier alpha value is -0.970. The standard InChI is InChI=1S/C18H25ClN2OS/c1-2-3-4-11-22-18(12-21-10-9-20-15-21)14-23-13-16-5-7-17(19)8-6-16/h5-10,15,18H,2-4,11-14H2,1H3. The fraction of sp³-hybridized carbons (Fsp3) is 0.500. The van der Waals surface area contributed by atoms with Gasteiger partial charge in [-0.05, 0) is 24.1 Å². The molecule has 0 bridgehead atoms. The van der Waals surface area contributed by atoms with E-state index >= 15 is 0 Å². The van der Waals surface area contributed by atoms with Gasteiger partial charge in [0.15, 0.2) is 0 Å². The highest BCUT2D eigenvalue weighted by molar-refractivity contribution is 7.98. The molecule has 0 radical (unpaired) electrons. The SMILES string of the molecule is CCCCCOC(CSCc1ccc(Cl)cc1)Cn1ccnc1. The molecule has 1 aromatic carbocycles. The molecule has 2 aromatic rings. The van der Waals surface area contributed by atoms with E-state index in [9.17, 15) is 0 Å². The zero-order valence-corrected chi connectivity index (χ0v) is 15.2. The molecule has 1 atom stereocenters. The summed E-state index contributed by atoms with van der Waals surface area (Å²) in [6, 6.07) is 8.06. The Bertz CT molecular complexity index is 530. The number of ether oxygens (including phenoxy) is 1. The molecule has 23 heavy (non-hydrogen) atoms. The van der Waals surface area contributed by atoms with Crippen molar-refractivity contribution in [3.8, 4) is 0 Å². The average Bonchev–Trinajstić information content (AvgIpc) is 3.06. The van der Waals surface area contributed by atoms with Gasteiger partial charge in [-0.15, -0.1) is 0 Å². The van der Waals surface area contributed by atoms with Crippen molar-refractivity contribution >= 4 is 23.4 Å². The van der Waals surface area contributed by atoms with Crippen LogP contribution < -0.4 is 0 Å². The molecule has 0 saturated heterocycles. The van der Waals surface area contributed by atoms with Crippen molar-refractivity contribution in [1.29, 1.82) is 0 Å². The van der Waals surface area contributed by atoms with Crippen molar-refractivity contribution in [2.75, 3.05) is 12.4 Å². The predicted octanol–water partition coefficient (Wildman–Crippen LogP) is 5.05. The monoisotopic (exact) mass is 352 g/mol. The summed E-state index contributed by atoms with van der Waals surface area (Å²) < 4.78 is 8.17. The van der Waals surface area contributed by atoms with Gasteiger partial charge in [0.1, 0.15) is 0 Å². The van der Waals surface area contributed by atoms with Crippen LogP contribution in [0, 0.1) is 0 Å². The van der Waals surface area contributed by atoms with E-state index < -0.39 is 0 Å². The van der Waals surface area contributed by atoms with Gasteiger partial charge in [-0.1, -0.05) is 43.5 Å². The van der Waals surface area contributed by atoms with Crippen molar-refractivity contribution in [3.05, 3.63) is 53.6 Å². The first-order valence-electron chi connectivity index (χ1n) is 8.17. The number of unbranched alkanes of at least 4 members (excludes halogenated alkanes) is 2. The number of imidazole rings is 1. The molecule has 0 aliphatic carbocycles. The smallest absolute Gasteiger partial charge is 0.0946 e. The van der Waals surface area contributed by atoms with E-state index in [1.807, 2.05) is 42.6 Å². The normalized spacial score (nSPS) is 12.4. The number of rotatable bonds is 11. The van der Waals surface area contributed by atoms with Crippen molar-refractivity contribution in [2.45, 2.75) is 44.6 Å². The minimum absolute atomic E-state index is 0.221. The fourth-order valence-electron chi connectivity index (χ4n) is 2.27. The summed E-state index contributed by atoms with van der Waals surface area (Å²) >= 11 is 7.83. The molecule has 1 aromatic heterocycles. The van der Waals surface area contributed by atoms with Crippen LogP contribution in [0.25, 0.3) is 0 Å². The van der Waals surface area contributed by atoms with Crippen molar-refractivity contribution in [3.63, 3.8) is 0 Å². The maximum atomic E-state index is 6.08. The molecule has 1 unspecified atom stereocenters. The Balaban J connectivity index is 1.77. The van der Waals surface area contributed by atoms with E-state index in [-0.39, 0.29) is 6.10 Å². The fourth-order valence-corrected chi connectivity index (χ4v) is 3.41. The van der Waals surface area contributed by atoms with E-state index in [0.29, 0.717) is 0 Å². The molecule has 2 rings (SSSR count). The lowest BCUT2D eigenvalue weighted by Gasteiger charge is -2.18. The molecule has 0 N–H and O–H groups in total. The maximum absolute atomic E-state index is 6.08. The second-order valence-electron chi connectivity index (χ2n) is 5.60. The molecule has 3 nitrogen and oxygen atoms in total. The summed E-state index contributed by atoms with van der Waals surface area (Å²) in [6.07, 6.45) is 9.47. The Morgan fingerprint density at radius 1 is 1.26 bits per heavy atom. The summed E-state index contributed by atoms with van der Waals surface area (Å²) in [4.78, 5) is 4.11. The van der Waals surface area contributed by atoms with Crippen LogP contribution in [0.3, 0.4) is 0 Å². The van der Waals surface area contributed by atoms with Gasteiger partial charge >= 0.3 is 0 Å². The van der Waals surface area contributed by atoms with E-state index in [4.69, 9.17) is 16.3 Å². The number of nitrogens with zero attached hydrogens (tertiary/aromatic N) is 2. The van der Waals surface area contributed by atoms with Crippen LogP contribution in [0.4, 0.5) is 0 Å². The Kier molecular flexibility index (Phi) is 8.58. The molecule has 0 aliphatic rings. The quantitative estimate of drug-likeness (QED) is 0.530. The molecule has 1 heterocycles. The number of hydrogen-bond donors (Lipinski definition) is 0. The second-order valence-corrected chi connectivity index (χ2v) is 7.07. The molecule has 0 aliphatic heterocycles. The number of hydrogen-bond acceptors (Lipinski definition) is 3. The van der Waals surface area contributed by atoms with E-state index in [0.717, 1.165) is 36.1 Å².